The van der Waals surface area contributed by atoms with E-state index in [1.807, 2.05) is 13.0 Å². The van der Waals surface area contributed by atoms with Crippen LogP contribution < -0.4 is 16.2 Å². The van der Waals surface area contributed by atoms with Gasteiger partial charge in [-0.05, 0) is 18.6 Å². The molecule has 0 unspecified atom stereocenters. The van der Waals surface area contributed by atoms with E-state index >= 15 is 0 Å². The van der Waals surface area contributed by atoms with Crippen LogP contribution in [0, 0.1) is 0 Å². The van der Waals surface area contributed by atoms with Gasteiger partial charge < -0.3 is 15.6 Å². The van der Waals surface area contributed by atoms with Crippen LogP contribution in [-0.2, 0) is 11.3 Å². The number of H-pyrrole nitrogens is 1. The lowest BCUT2D eigenvalue weighted by Gasteiger charge is -2.06. The number of rotatable bonds is 6. The van der Waals surface area contributed by atoms with Crippen molar-refractivity contribution in [3.8, 4) is 0 Å². The summed E-state index contributed by atoms with van der Waals surface area (Å²) in [5.41, 5.74) is 0.492. The summed E-state index contributed by atoms with van der Waals surface area (Å²) in [6.07, 6.45) is 0.908. The van der Waals surface area contributed by atoms with E-state index < -0.39 is 0 Å². The molecule has 0 fully saturated rings. The number of nitrogens with zero attached hydrogens (tertiary/aromatic N) is 1. The van der Waals surface area contributed by atoms with Crippen molar-refractivity contribution >= 4 is 16.8 Å². The third-order valence-electron chi connectivity index (χ3n) is 2.81. The maximum atomic E-state index is 11.8. The van der Waals surface area contributed by atoms with Gasteiger partial charge in [-0.3, -0.25) is 9.59 Å². The maximum Gasteiger partial charge on any atom is 0.258 e. The monoisotopic (exact) mass is 274 g/mol. The Hall–Kier alpha value is -2.21. The number of hydrogen-bond acceptors (Lipinski definition) is 4. The van der Waals surface area contributed by atoms with Gasteiger partial charge in [0.15, 0.2) is 0 Å². The molecule has 6 nitrogen and oxygen atoms in total. The van der Waals surface area contributed by atoms with Gasteiger partial charge in [0.1, 0.15) is 5.82 Å². The summed E-state index contributed by atoms with van der Waals surface area (Å²) in [6, 6.07) is 7.16. The van der Waals surface area contributed by atoms with Crippen LogP contribution in [0.25, 0.3) is 10.9 Å². The molecule has 0 saturated heterocycles. The summed E-state index contributed by atoms with van der Waals surface area (Å²) in [7, 11) is 0. The minimum atomic E-state index is -0.164. The number of carbonyl (C=O) groups is 1. The third kappa shape index (κ3) is 3.64. The Balaban J connectivity index is 1.97. The summed E-state index contributed by atoms with van der Waals surface area (Å²) < 4.78 is 0. The fourth-order valence-corrected chi connectivity index (χ4v) is 1.84. The number of aromatic amines is 1. The largest absolute Gasteiger partial charge is 0.355 e. The second-order valence-corrected chi connectivity index (χ2v) is 4.48. The van der Waals surface area contributed by atoms with E-state index in [0.717, 1.165) is 6.42 Å². The fraction of sp³-hybridized carbons (Fsp3) is 0.357. The highest BCUT2D eigenvalue weighted by atomic mass is 16.2. The second kappa shape index (κ2) is 6.81. The molecule has 0 saturated carbocycles. The van der Waals surface area contributed by atoms with Gasteiger partial charge >= 0.3 is 0 Å². The van der Waals surface area contributed by atoms with Gasteiger partial charge in [0.2, 0.25) is 5.91 Å². The van der Waals surface area contributed by atoms with Gasteiger partial charge in [-0.2, -0.15) is 0 Å². The minimum Gasteiger partial charge on any atom is -0.355 e. The van der Waals surface area contributed by atoms with E-state index in [1.54, 1.807) is 18.2 Å². The van der Waals surface area contributed by atoms with Crippen molar-refractivity contribution in [2.24, 2.45) is 0 Å². The van der Waals surface area contributed by atoms with Crippen molar-refractivity contribution in [2.75, 3.05) is 13.1 Å². The van der Waals surface area contributed by atoms with Gasteiger partial charge in [0.25, 0.3) is 5.56 Å². The zero-order chi connectivity index (χ0) is 14.4. The summed E-state index contributed by atoms with van der Waals surface area (Å²) in [6.45, 7) is 3.22. The number of para-hydroxylation sites is 1. The SMILES string of the molecule is CCCNC(=O)CNCc1nc2ccccc2c(=O)[nH]1. The van der Waals surface area contributed by atoms with E-state index in [1.165, 1.54) is 0 Å². The number of benzene rings is 1. The van der Waals surface area contributed by atoms with Crippen molar-refractivity contribution in [3.63, 3.8) is 0 Å². The van der Waals surface area contributed by atoms with Crippen molar-refractivity contribution in [3.05, 3.63) is 40.4 Å². The molecule has 0 atom stereocenters. The van der Waals surface area contributed by atoms with Crippen LogP contribution in [0.1, 0.15) is 19.2 Å². The number of aromatic nitrogens is 2. The predicted octanol–water partition coefficient (Wildman–Crippen LogP) is 0.539. The summed E-state index contributed by atoms with van der Waals surface area (Å²) in [5.74, 6) is 0.465. The fourth-order valence-electron chi connectivity index (χ4n) is 1.84. The molecule has 1 amide bonds. The van der Waals surface area contributed by atoms with Crippen LogP contribution >= 0.6 is 0 Å². The summed E-state index contributed by atoms with van der Waals surface area (Å²) >= 11 is 0. The molecular weight excluding hydrogens is 256 g/mol. The van der Waals surface area contributed by atoms with E-state index in [-0.39, 0.29) is 18.0 Å². The van der Waals surface area contributed by atoms with E-state index in [4.69, 9.17) is 0 Å². The molecule has 0 aliphatic rings. The predicted molar refractivity (Wildman–Crippen MR) is 77.4 cm³/mol. The summed E-state index contributed by atoms with van der Waals surface area (Å²) in [4.78, 5) is 30.3. The standard InChI is InChI=1S/C14H18N4O2/c1-2-7-16-13(19)9-15-8-12-17-11-6-4-3-5-10(11)14(20)18-12/h3-6,15H,2,7-9H2,1H3,(H,16,19)(H,17,18,20). The van der Waals surface area contributed by atoms with Crippen molar-refractivity contribution < 1.29 is 4.79 Å². The number of amides is 1. The Morgan fingerprint density at radius 1 is 1.35 bits per heavy atom. The van der Waals surface area contributed by atoms with Crippen LogP contribution in [0.4, 0.5) is 0 Å². The Bertz CT molecular complexity index is 651. The molecule has 0 aliphatic heterocycles. The van der Waals surface area contributed by atoms with E-state index in [0.29, 0.717) is 29.8 Å². The highest BCUT2D eigenvalue weighted by Crippen LogP contribution is 2.05. The van der Waals surface area contributed by atoms with Gasteiger partial charge in [-0.1, -0.05) is 19.1 Å². The average molecular weight is 274 g/mol. The molecule has 1 heterocycles. The highest BCUT2D eigenvalue weighted by Gasteiger charge is 2.04. The number of fused-ring (bicyclic) bond motifs is 1. The Morgan fingerprint density at radius 3 is 2.95 bits per heavy atom. The van der Waals surface area contributed by atoms with Gasteiger partial charge in [-0.25, -0.2) is 4.98 Å². The molecule has 106 valence electrons. The molecule has 0 bridgehead atoms. The number of carbonyl (C=O) groups excluding carboxylic acids is 1. The molecule has 6 heteroatoms. The first-order valence-corrected chi connectivity index (χ1v) is 6.66. The molecule has 2 rings (SSSR count). The zero-order valence-corrected chi connectivity index (χ0v) is 11.4. The van der Waals surface area contributed by atoms with Gasteiger partial charge in [0, 0.05) is 6.54 Å². The first kappa shape index (κ1) is 14.2. The molecule has 1 aromatic carbocycles. The van der Waals surface area contributed by atoms with Crippen LogP contribution in [0.2, 0.25) is 0 Å². The van der Waals surface area contributed by atoms with Crippen molar-refractivity contribution in [1.82, 2.24) is 20.6 Å². The molecule has 0 radical (unpaired) electrons. The molecular formula is C14H18N4O2. The molecule has 0 aliphatic carbocycles. The summed E-state index contributed by atoms with van der Waals surface area (Å²) in [5, 5.41) is 6.29. The quantitative estimate of drug-likeness (QED) is 0.717. The van der Waals surface area contributed by atoms with Gasteiger partial charge in [-0.15, -0.1) is 0 Å². The van der Waals surface area contributed by atoms with Crippen LogP contribution in [-0.4, -0.2) is 29.0 Å². The lowest BCUT2D eigenvalue weighted by atomic mass is 10.2. The molecule has 20 heavy (non-hydrogen) atoms. The Kier molecular flexibility index (Phi) is 4.84. The van der Waals surface area contributed by atoms with Gasteiger partial charge in [0.05, 0.1) is 24.0 Å². The van der Waals surface area contributed by atoms with E-state index in [9.17, 15) is 9.59 Å². The van der Waals surface area contributed by atoms with E-state index in [2.05, 4.69) is 20.6 Å². The maximum absolute atomic E-state index is 11.8. The van der Waals surface area contributed by atoms with Crippen LogP contribution in [0.3, 0.4) is 0 Å². The molecule has 0 spiro atoms. The molecule has 3 N–H and O–H groups in total. The second-order valence-electron chi connectivity index (χ2n) is 4.48. The minimum absolute atomic E-state index is 0.0602. The lowest BCUT2D eigenvalue weighted by molar-refractivity contribution is -0.120. The van der Waals surface area contributed by atoms with Crippen LogP contribution in [0.5, 0.6) is 0 Å². The number of hydrogen-bond donors (Lipinski definition) is 3. The third-order valence-corrected chi connectivity index (χ3v) is 2.81. The lowest BCUT2D eigenvalue weighted by Crippen LogP contribution is -2.34. The highest BCUT2D eigenvalue weighted by molar-refractivity contribution is 5.78. The van der Waals surface area contributed by atoms with Crippen molar-refractivity contribution in [1.29, 1.82) is 0 Å². The number of nitrogens with one attached hydrogen (secondary N) is 3. The Labute approximate surface area is 116 Å². The first-order valence-electron chi connectivity index (χ1n) is 6.66. The average Bonchev–Trinajstić information content (AvgIpc) is 2.45. The van der Waals surface area contributed by atoms with Crippen LogP contribution in [0.15, 0.2) is 29.1 Å². The first-order chi connectivity index (χ1) is 9.70. The smallest absolute Gasteiger partial charge is 0.258 e. The van der Waals surface area contributed by atoms with Crippen molar-refractivity contribution in [2.45, 2.75) is 19.9 Å². The normalized spacial score (nSPS) is 10.7. The molecule has 2 aromatic rings. The topological polar surface area (TPSA) is 86.9 Å². The zero-order valence-electron chi connectivity index (χ0n) is 11.4. The Morgan fingerprint density at radius 2 is 2.15 bits per heavy atom. The molecule has 1 aromatic heterocycles.